The Labute approximate surface area is 137 Å². The molecule has 19 heavy (non-hydrogen) atoms. The summed E-state index contributed by atoms with van der Waals surface area (Å²) in [6.45, 7) is 0.592. The molecule has 100 valence electrons. The third kappa shape index (κ3) is 4.05. The van der Waals surface area contributed by atoms with Gasteiger partial charge in [0.05, 0.1) is 4.47 Å². The molecule has 0 amide bonds. The Hall–Kier alpha value is -0.360. The van der Waals surface area contributed by atoms with E-state index in [0.717, 1.165) is 36.9 Å². The lowest BCUT2D eigenvalue weighted by Crippen LogP contribution is -2.04. The van der Waals surface area contributed by atoms with Gasteiger partial charge in [-0.2, -0.15) is 0 Å². The third-order valence-corrected chi connectivity index (χ3v) is 4.16. The van der Waals surface area contributed by atoms with Crippen LogP contribution in [0.2, 0.25) is 0 Å². The van der Waals surface area contributed by atoms with E-state index in [1.807, 2.05) is 36.4 Å². The minimum atomic E-state index is 0.592. The van der Waals surface area contributed by atoms with E-state index in [4.69, 9.17) is 10.5 Å². The van der Waals surface area contributed by atoms with E-state index < -0.39 is 0 Å². The van der Waals surface area contributed by atoms with Gasteiger partial charge in [-0.25, -0.2) is 0 Å². The van der Waals surface area contributed by atoms with E-state index in [1.54, 1.807) is 0 Å². The zero-order valence-corrected chi connectivity index (χ0v) is 14.8. The maximum Gasteiger partial charge on any atom is 0.141 e. The minimum Gasteiger partial charge on any atom is -0.456 e. The highest BCUT2D eigenvalue weighted by Crippen LogP contribution is 2.34. The van der Waals surface area contributed by atoms with Crippen LogP contribution in [0.25, 0.3) is 0 Å². The lowest BCUT2D eigenvalue weighted by atomic mass is 10.1. The molecule has 0 bridgehead atoms. The molecule has 0 saturated carbocycles. The Balaban J connectivity index is 2.32. The second-order valence-corrected chi connectivity index (χ2v) is 6.65. The summed E-state index contributed by atoms with van der Waals surface area (Å²) < 4.78 is 8.90. The number of ether oxygens (including phenoxy) is 1. The molecule has 0 aliphatic rings. The van der Waals surface area contributed by atoms with Crippen LogP contribution in [-0.4, -0.2) is 6.54 Å². The van der Waals surface area contributed by atoms with Crippen LogP contribution in [0, 0.1) is 0 Å². The lowest BCUT2D eigenvalue weighted by molar-refractivity contribution is 0.473. The SMILES string of the molecule is NCCc1cc(Br)ccc1Oc1ccc(Br)cc1Br. The fraction of sp³-hybridized carbons (Fsp3) is 0.143. The van der Waals surface area contributed by atoms with Crippen molar-refractivity contribution in [2.75, 3.05) is 6.54 Å². The molecular formula is C14H12Br3NO. The maximum atomic E-state index is 5.96. The average molecular weight is 450 g/mol. The Morgan fingerprint density at radius 3 is 2.16 bits per heavy atom. The molecule has 0 saturated heterocycles. The number of hydrogen-bond donors (Lipinski definition) is 1. The summed E-state index contributed by atoms with van der Waals surface area (Å²) in [5.74, 6) is 1.61. The topological polar surface area (TPSA) is 35.2 Å². The fourth-order valence-electron chi connectivity index (χ4n) is 1.67. The predicted octanol–water partition coefficient (Wildman–Crippen LogP) is 5.27. The Morgan fingerprint density at radius 2 is 1.53 bits per heavy atom. The van der Waals surface area contributed by atoms with Crippen LogP contribution in [0.15, 0.2) is 49.8 Å². The van der Waals surface area contributed by atoms with Gasteiger partial charge in [-0.05, 0) is 70.9 Å². The van der Waals surface area contributed by atoms with Crippen molar-refractivity contribution in [3.63, 3.8) is 0 Å². The first-order valence-electron chi connectivity index (χ1n) is 5.71. The van der Waals surface area contributed by atoms with E-state index in [2.05, 4.69) is 47.8 Å². The maximum absolute atomic E-state index is 5.96. The van der Waals surface area contributed by atoms with E-state index in [1.165, 1.54) is 0 Å². The Morgan fingerprint density at radius 1 is 0.895 bits per heavy atom. The summed E-state index contributed by atoms with van der Waals surface area (Å²) in [5.41, 5.74) is 6.73. The first-order valence-corrected chi connectivity index (χ1v) is 8.09. The predicted molar refractivity (Wildman–Crippen MR) is 88.8 cm³/mol. The summed E-state index contributed by atoms with van der Waals surface area (Å²) in [6, 6.07) is 11.8. The molecule has 5 heteroatoms. The quantitative estimate of drug-likeness (QED) is 0.690. The van der Waals surface area contributed by atoms with Crippen molar-refractivity contribution >= 4 is 47.8 Å². The Kier molecular flexibility index (Phi) is 5.45. The van der Waals surface area contributed by atoms with Crippen molar-refractivity contribution in [1.82, 2.24) is 0 Å². The zero-order chi connectivity index (χ0) is 13.8. The molecule has 0 aromatic heterocycles. The number of nitrogens with two attached hydrogens (primary N) is 1. The molecule has 0 heterocycles. The summed E-state index contributed by atoms with van der Waals surface area (Å²) in [5, 5.41) is 0. The van der Waals surface area contributed by atoms with Crippen LogP contribution >= 0.6 is 47.8 Å². The molecule has 0 spiro atoms. The van der Waals surface area contributed by atoms with Crippen molar-refractivity contribution in [2.45, 2.75) is 6.42 Å². The van der Waals surface area contributed by atoms with Gasteiger partial charge in [-0.1, -0.05) is 31.9 Å². The number of rotatable bonds is 4. The van der Waals surface area contributed by atoms with Gasteiger partial charge in [0.1, 0.15) is 11.5 Å². The molecule has 2 aromatic rings. The molecule has 0 unspecified atom stereocenters. The largest absolute Gasteiger partial charge is 0.456 e. The van der Waals surface area contributed by atoms with Gasteiger partial charge in [0.25, 0.3) is 0 Å². The van der Waals surface area contributed by atoms with Gasteiger partial charge in [-0.15, -0.1) is 0 Å². The van der Waals surface area contributed by atoms with Crippen molar-refractivity contribution in [2.24, 2.45) is 5.73 Å². The van der Waals surface area contributed by atoms with Gasteiger partial charge in [0.2, 0.25) is 0 Å². The fourth-order valence-corrected chi connectivity index (χ4v) is 3.21. The molecule has 0 fully saturated rings. The van der Waals surface area contributed by atoms with Gasteiger partial charge < -0.3 is 10.5 Å². The highest BCUT2D eigenvalue weighted by molar-refractivity contribution is 9.11. The van der Waals surface area contributed by atoms with Gasteiger partial charge in [-0.3, -0.25) is 0 Å². The summed E-state index contributed by atoms with van der Waals surface area (Å²) in [7, 11) is 0. The first kappa shape index (κ1) is 15.0. The van der Waals surface area contributed by atoms with Crippen LogP contribution in [0.1, 0.15) is 5.56 Å². The monoisotopic (exact) mass is 447 g/mol. The van der Waals surface area contributed by atoms with Crippen molar-refractivity contribution < 1.29 is 4.74 Å². The van der Waals surface area contributed by atoms with Crippen molar-refractivity contribution in [3.8, 4) is 11.5 Å². The molecule has 0 atom stereocenters. The zero-order valence-electron chi connectivity index (χ0n) is 10.00. The summed E-state index contributed by atoms with van der Waals surface area (Å²) in [4.78, 5) is 0. The molecular weight excluding hydrogens is 438 g/mol. The normalized spacial score (nSPS) is 10.5. The third-order valence-electron chi connectivity index (χ3n) is 2.55. The number of hydrogen-bond acceptors (Lipinski definition) is 2. The summed E-state index contributed by atoms with van der Waals surface area (Å²) in [6.07, 6.45) is 0.781. The van der Waals surface area contributed by atoms with Crippen LogP contribution in [0.4, 0.5) is 0 Å². The summed E-state index contributed by atoms with van der Waals surface area (Å²) >= 11 is 10.4. The van der Waals surface area contributed by atoms with Crippen LogP contribution in [0.3, 0.4) is 0 Å². The first-order chi connectivity index (χ1) is 9.10. The molecule has 0 aliphatic heterocycles. The van der Waals surface area contributed by atoms with E-state index in [0.29, 0.717) is 6.54 Å². The van der Waals surface area contributed by atoms with Gasteiger partial charge >= 0.3 is 0 Å². The highest BCUT2D eigenvalue weighted by Gasteiger charge is 2.08. The van der Waals surface area contributed by atoms with E-state index >= 15 is 0 Å². The number of halogens is 3. The number of benzene rings is 2. The second-order valence-electron chi connectivity index (χ2n) is 3.97. The standard InChI is InChI=1S/C14H12Br3NO/c15-10-1-3-13(9(7-10)5-6-18)19-14-4-2-11(16)8-12(14)17/h1-4,7-8H,5-6,18H2. The smallest absolute Gasteiger partial charge is 0.141 e. The van der Waals surface area contributed by atoms with Crippen LogP contribution in [-0.2, 0) is 6.42 Å². The van der Waals surface area contributed by atoms with Crippen molar-refractivity contribution in [3.05, 3.63) is 55.4 Å². The molecule has 2 aromatic carbocycles. The Bertz CT molecular complexity index is 587. The molecule has 2 N–H and O–H groups in total. The van der Waals surface area contributed by atoms with E-state index in [-0.39, 0.29) is 0 Å². The molecule has 2 nitrogen and oxygen atoms in total. The second kappa shape index (κ2) is 6.88. The minimum absolute atomic E-state index is 0.592. The van der Waals surface area contributed by atoms with Crippen LogP contribution in [0.5, 0.6) is 11.5 Å². The molecule has 0 radical (unpaired) electrons. The van der Waals surface area contributed by atoms with Gasteiger partial charge in [0.15, 0.2) is 0 Å². The highest BCUT2D eigenvalue weighted by atomic mass is 79.9. The molecule has 2 rings (SSSR count). The van der Waals surface area contributed by atoms with Crippen LogP contribution < -0.4 is 10.5 Å². The average Bonchev–Trinajstić information content (AvgIpc) is 2.36. The molecule has 0 aliphatic carbocycles. The van der Waals surface area contributed by atoms with E-state index in [9.17, 15) is 0 Å². The lowest BCUT2D eigenvalue weighted by Gasteiger charge is -2.12. The van der Waals surface area contributed by atoms with Crippen molar-refractivity contribution in [1.29, 1.82) is 0 Å². The van der Waals surface area contributed by atoms with Gasteiger partial charge in [0, 0.05) is 8.95 Å².